The van der Waals surface area contributed by atoms with Gasteiger partial charge in [0.15, 0.2) is 5.65 Å². The number of hydrogen-bond donors (Lipinski definition) is 1. The van der Waals surface area contributed by atoms with Gasteiger partial charge in [0.1, 0.15) is 11.8 Å². The average Bonchev–Trinajstić information content (AvgIpc) is 3.06. The minimum atomic E-state index is 0.714. The van der Waals surface area contributed by atoms with Gasteiger partial charge in [-0.25, -0.2) is 15.0 Å². The molecule has 106 valence electrons. The molecule has 0 amide bonds. The topological polar surface area (TPSA) is 54.5 Å². The minimum Gasteiger partial charge on any atom is -0.342 e. The van der Waals surface area contributed by atoms with Gasteiger partial charge < -0.3 is 4.98 Å². The highest BCUT2D eigenvalue weighted by Gasteiger charge is 2.07. The first-order chi connectivity index (χ1) is 10.9. The van der Waals surface area contributed by atoms with Crippen LogP contribution in [0.4, 0.5) is 0 Å². The molecular weight excluding hydrogens is 272 g/mol. The fourth-order valence-corrected chi connectivity index (χ4v) is 2.59. The van der Waals surface area contributed by atoms with E-state index in [4.69, 9.17) is 0 Å². The van der Waals surface area contributed by atoms with E-state index >= 15 is 0 Å². The van der Waals surface area contributed by atoms with Crippen molar-refractivity contribution in [3.8, 4) is 11.1 Å². The first-order valence-electron chi connectivity index (χ1n) is 7.17. The molecule has 0 aliphatic heterocycles. The van der Waals surface area contributed by atoms with Crippen molar-refractivity contribution in [3.05, 3.63) is 78.5 Å². The summed E-state index contributed by atoms with van der Waals surface area (Å²) >= 11 is 0. The predicted molar refractivity (Wildman–Crippen MR) is 86.4 cm³/mol. The molecule has 2 aromatic heterocycles. The van der Waals surface area contributed by atoms with Crippen LogP contribution in [0.3, 0.4) is 0 Å². The maximum absolute atomic E-state index is 4.37. The zero-order valence-corrected chi connectivity index (χ0v) is 11.9. The van der Waals surface area contributed by atoms with E-state index < -0.39 is 0 Å². The lowest BCUT2D eigenvalue weighted by molar-refractivity contribution is 1.05. The zero-order chi connectivity index (χ0) is 14.8. The lowest BCUT2D eigenvalue weighted by Crippen LogP contribution is -1.95. The number of imidazole rings is 1. The number of benzene rings is 2. The smallest absolute Gasteiger partial charge is 0.180 e. The third-order valence-electron chi connectivity index (χ3n) is 3.73. The van der Waals surface area contributed by atoms with Gasteiger partial charge in [-0.1, -0.05) is 54.6 Å². The molecule has 4 rings (SSSR count). The summed E-state index contributed by atoms with van der Waals surface area (Å²) in [5.41, 5.74) is 6.26. The van der Waals surface area contributed by atoms with E-state index in [9.17, 15) is 0 Å². The number of hydrogen-bond acceptors (Lipinski definition) is 3. The second kappa shape index (κ2) is 5.41. The number of aromatic nitrogens is 4. The Morgan fingerprint density at radius 3 is 2.36 bits per heavy atom. The summed E-state index contributed by atoms with van der Waals surface area (Å²) in [7, 11) is 0. The van der Waals surface area contributed by atoms with Crippen molar-refractivity contribution in [3.63, 3.8) is 0 Å². The maximum atomic E-state index is 4.37. The Morgan fingerprint density at radius 1 is 0.773 bits per heavy atom. The molecule has 4 heteroatoms. The molecule has 1 N–H and O–H groups in total. The number of nitrogens with one attached hydrogen (secondary N) is 1. The summed E-state index contributed by atoms with van der Waals surface area (Å²) in [6.45, 7) is 0. The van der Waals surface area contributed by atoms with Gasteiger partial charge >= 0.3 is 0 Å². The summed E-state index contributed by atoms with van der Waals surface area (Å²) < 4.78 is 0. The van der Waals surface area contributed by atoms with E-state index in [-0.39, 0.29) is 0 Å². The molecule has 22 heavy (non-hydrogen) atoms. The van der Waals surface area contributed by atoms with Gasteiger partial charge in [0.25, 0.3) is 0 Å². The highest BCUT2D eigenvalue weighted by atomic mass is 15.0. The van der Waals surface area contributed by atoms with Crippen LogP contribution in [0.2, 0.25) is 0 Å². The van der Waals surface area contributed by atoms with Crippen molar-refractivity contribution in [2.45, 2.75) is 6.42 Å². The highest BCUT2D eigenvalue weighted by molar-refractivity contribution is 5.72. The number of nitrogens with zero attached hydrogens (tertiary/aromatic N) is 3. The average molecular weight is 286 g/mol. The molecule has 0 radical (unpaired) electrons. The molecule has 0 aliphatic rings. The first-order valence-corrected chi connectivity index (χ1v) is 7.17. The number of fused-ring (bicyclic) bond motifs is 1. The van der Waals surface area contributed by atoms with E-state index in [1.807, 2.05) is 6.07 Å². The van der Waals surface area contributed by atoms with E-state index in [0.29, 0.717) is 5.65 Å². The summed E-state index contributed by atoms with van der Waals surface area (Å²) in [5.74, 6) is 0. The lowest BCUT2D eigenvalue weighted by atomic mass is 10.0. The van der Waals surface area contributed by atoms with Crippen LogP contribution in [0.25, 0.3) is 22.3 Å². The third kappa shape index (κ3) is 2.35. The van der Waals surface area contributed by atoms with Crippen molar-refractivity contribution >= 4 is 11.2 Å². The Morgan fingerprint density at radius 2 is 1.55 bits per heavy atom. The third-order valence-corrected chi connectivity index (χ3v) is 3.73. The van der Waals surface area contributed by atoms with Crippen molar-refractivity contribution in [1.29, 1.82) is 0 Å². The van der Waals surface area contributed by atoms with Gasteiger partial charge in [-0.05, 0) is 16.7 Å². The SMILES string of the molecule is c1ccc(-c2ccc(Cc3ncnc4nc[nH]c34)cc2)cc1. The van der Waals surface area contributed by atoms with Crippen molar-refractivity contribution < 1.29 is 0 Å². The Kier molecular flexibility index (Phi) is 3.12. The van der Waals surface area contributed by atoms with Crippen LogP contribution < -0.4 is 0 Å². The Bertz CT molecular complexity index is 895. The Balaban J connectivity index is 1.63. The first kappa shape index (κ1) is 12.7. The van der Waals surface area contributed by atoms with Crippen molar-refractivity contribution in [2.24, 2.45) is 0 Å². The summed E-state index contributed by atoms with van der Waals surface area (Å²) in [5, 5.41) is 0. The minimum absolute atomic E-state index is 0.714. The molecule has 0 saturated heterocycles. The van der Waals surface area contributed by atoms with Gasteiger partial charge in [-0.3, -0.25) is 0 Å². The molecule has 0 spiro atoms. The molecular formula is C18H14N4. The van der Waals surface area contributed by atoms with E-state index in [2.05, 4.69) is 68.5 Å². The summed E-state index contributed by atoms with van der Waals surface area (Å²) in [6.07, 6.45) is 3.98. The number of aromatic amines is 1. The molecule has 0 saturated carbocycles. The lowest BCUT2D eigenvalue weighted by Gasteiger charge is -2.05. The fourth-order valence-electron chi connectivity index (χ4n) is 2.59. The number of H-pyrrole nitrogens is 1. The highest BCUT2D eigenvalue weighted by Crippen LogP contribution is 2.21. The second-order valence-corrected chi connectivity index (χ2v) is 5.16. The van der Waals surface area contributed by atoms with E-state index in [1.165, 1.54) is 16.7 Å². The van der Waals surface area contributed by atoms with Crippen molar-refractivity contribution in [1.82, 2.24) is 19.9 Å². The normalized spacial score (nSPS) is 10.9. The summed E-state index contributed by atoms with van der Waals surface area (Å²) in [4.78, 5) is 15.8. The maximum Gasteiger partial charge on any atom is 0.180 e. The van der Waals surface area contributed by atoms with Crippen LogP contribution in [0.15, 0.2) is 67.3 Å². The fraction of sp³-hybridized carbons (Fsp3) is 0.0556. The van der Waals surface area contributed by atoms with Gasteiger partial charge in [-0.15, -0.1) is 0 Å². The quantitative estimate of drug-likeness (QED) is 0.626. The molecule has 4 aromatic rings. The van der Waals surface area contributed by atoms with Gasteiger partial charge in [0.2, 0.25) is 0 Å². The van der Waals surface area contributed by atoms with Crippen LogP contribution in [-0.2, 0) is 6.42 Å². The molecule has 0 atom stereocenters. The van der Waals surface area contributed by atoms with Crippen LogP contribution in [-0.4, -0.2) is 19.9 Å². The Labute approximate surface area is 127 Å². The predicted octanol–water partition coefficient (Wildman–Crippen LogP) is 3.61. The molecule has 0 aliphatic carbocycles. The van der Waals surface area contributed by atoms with E-state index in [0.717, 1.165) is 17.6 Å². The Hall–Kier alpha value is -3.01. The number of rotatable bonds is 3. The van der Waals surface area contributed by atoms with Gasteiger partial charge in [-0.2, -0.15) is 0 Å². The molecule has 0 unspecified atom stereocenters. The molecule has 0 fully saturated rings. The van der Waals surface area contributed by atoms with Crippen molar-refractivity contribution in [2.75, 3.05) is 0 Å². The molecule has 0 bridgehead atoms. The van der Waals surface area contributed by atoms with E-state index in [1.54, 1.807) is 12.7 Å². The van der Waals surface area contributed by atoms with Crippen LogP contribution in [0.5, 0.6) is 0 Å². The summed E-state index contributed by atoms with van der Waals surface area (Å²) in [6, 6.07) is 19.0. The molecule has 2 heterocycles. The zero-order valence-electron chi connectivity index (χ0n) is 11.9. The van der Waals surface area contributed by atoms with Gasteiger partial charge in [0.05, 0.1) is 12.0 Å². The monoisotopic (exact) mass is 286 g/mol. The second-order valence-electron chi connectivity index (χ2n) is 5.16. The van der Waals surface area contributed by atoms with Crippen LogP contribution in [0.1, 0.15) is 11.3 Å². The largest absolute Gasteiger partial charge is 0.342 e. The molecule has 4 nitrogen and oxygen atoms in total. The van der Waals surface area contributed by atoms with Gasteiger partial charge in [0, 0.05) is 6.42 Å². The van der Waals surface area contributed by atoms with Crippen LogP contribution in [0, 0.1) is 0 Å². The molecule has 2 aromatic carbocycles. The van der Waals surface area contributed by atoms with Crippen LogP contribution >= 0.6 is 0 Å². The standard InChI is InChI=1S/C18H14N4/c1-2-4-14(5-3-1)15-8-6-13(7-9-15)10-16-17-18(21-11-19-16)22-12-20-17/h1-9,11-12H,10H2,(H,19,20,21,22).